The summed E-state index contributed by atoms with van der Waals surface area (Å²) in [5.41, 5.74) is 1.50. The molecule has 1 N–H and O–H groups in total. The number of oxime groups is 1. The van der Waals surface area contributed by atoms with Gasteiger partial charge in [0.1, 0.15) is 11.2 Å². The largest absolute Gasteiger partial charge is 0.543 e. The van der Waals surface area contributed by atoms with E-state index in [1.807, 2.05) is 91.0 Å². The Morgan fingerprint density at radius 2 is 1.42 bits per heavy atom. The van der Waals surface area contributed by atoms with Crippen LogP contribution in [-0.2, 0) is 15.2 Å². The maximum absolute atomic E-state index is 12.4. The van der Waals surface area contributed by atoms with E-state index in [0.29, 0.717) is 5.13 Å². The number of carboxylic acids is 1. The number of hydrogen-bond acceptors (Lipinski definition) is 7. The van der Waals surface area contributed by atoms with Crippen molar-refractivity contribution < 1.29 is 19.1 Å². The number of benzene rings is 3. The van der Waals surface area contributed by atoms with Gasteiger partial charge in [0.15, 0.2) is 10.8 Å². The molecular weight excluding hydrogens is 441 g/mol. The number of aromatic nitrogens is 1. The van der Waals surface area contributed by atoms with Gasteiger partial charge in [0.25, 0.3) is 6.86 Å². The van der Waals surface area contributed by atoms with E-state index in [9.17, 15) is 14.3 Å². The summed E-state index contributed by atoms with van der Waals surface area (Å²) in [6.45, 7) is -1.26. The van der Waals surface area contributed by atoms with Crippen LogP contribution in [0.15, 0.2) is 102 Å². The Morgan fingerprint density at radius 1 is 0.939 bits per heavy atom. The van der Waals surface area contributed by atoms with Crippen LogP contribution in [0.1, 0.15) is 22.4 Å². The van der Waals surface area contributed by atoms with Crippen molar-refractivity contribution in [1.29, 1.82) is 0 Å². The van der Waals surface area contributed by atoms with Gasteiger partial charge in [-0.1, -0.05) is 96.2 Å². The zero-order valence-electron chi connectivity index (χ0n) is 17.4. The third kappa shape index (κ3) is 4.61. The van der Waals surface area contributed by atoms with E-state index in [0.717, 1.165) is 16.7 Å². The second-order valence-electron chi connectivity index (χ2n) is 6.98. The molecular formula is C25H19FN3O3S-. The van der Waals surface area contributed by atoms with Crippen molar-refractivity contribution >= 4 is 28.1 Å². The van der Waals surface area contributed by atoms with Crippen molar-refractivity contribution in [1.82, 2.24) is 4.98 Å². The normalized spacial score (nSPS) is 11.7. The number of thiazole rings is 1. The first-order valence-electron chi connectivity index (χ1n) is 10.0. The van der Waals surface area contributed by atoms with Crippen molar-refractivity contribution in [2.45, 2.75) is 5.54 Å². The molecule has 166 valence electrons. The predicted octanol–water partition coefficient (Wildman–Crippen LogP) is 3.94. The molecule has 0 aliphatic heterocycles. The number of carbonyl (C=O) groups is 1. The predicted molar refractivity (Wildman–Crippen MR) is 124 cm³/mol. The zero-order valence-corrected chi connectivity index (χ0v) is 18.2. The molecule has 0 atom stereocenters. The summed E-state index contributed by atoms with van der Waals surface area (Å²) in [4.78, 5) is 20.1. The molecule has 0 amide bonds. The number of hydrogen-bond donors (Lipinski definition) is 1. The maximum Gasteiger partial charge on any atom is 0.255 e. The van der Waals surface area contributed by atoms with Crippen LogP contribution in [0.3, 0.4) is 0 Å². The lowest BCUT2D eigenvalue weighted by Gasteiger charge is -2.36. The van der Waals surface area contributed by atoms with Crippen LogP contribution in [0.2, 0.25) is 0 Å². The summed E-state index contributed by atoms with van der Waals surface area (Å²) in [6, 6.07) is 29.7. The number of carboxylic acid groups (broad SMARTS) is 1. The number of nitrogens with one attached hydrogen (secondary N) is 1. The quantitative estimate of drug-likeness (QED) is 0.232. The van der Waals surface area contributed by atoms with Gasteiger partial charge < -0.3 is 20.1 Å². The minimum atomic E-state index is -1.61. The number of anilines is 1. The first-order chi connectivity index (χ1) is 16.1. The molecule has 0 unspecified atom stereocenters. The number of halogens is 1. The van der Waals surface area contributed by atoms with Gasteiger partial charge in [-0.2, -0.15) is 0 Å². The number of nitrogens with zero attached hydrogens (tertiary/aromatic N) is 2. The first kappa shape index (κ1) is 22.2. The number of alkyl halides is 1. The van der Waals surface area contributed by atoms with E-state index in [2.05, 4.69) is 20.3 Å². The van der Waals surface area contributed by atoms with Crippen molar-refractivity contribution in [2.75, 3.05) is 12.2 Å². The van der Waals surface area contributed by atoms with Gasteiger partial charge >= 0.3 is 0 Å². The topological polar surface area (TPSA) is 86.6 Å². The van der Waals surface area contributed by atoms with E-state index in [-0.39, 0.29) is 5.69 Å². The van der Waals surface area contributed by atoms with Crippen LogP contribution in [0.4, 0.5) is 9.52 Å². The minimum Gasteiger partial charge on any atom is -0.543 e. The fourth-order valence-electron chi connectivity index (χ4n) is 3.66. The Labute approximate surface area is 194 Å². The van der Waals surface area contributed by atoms with Gasteiger partial charge in [0.2, 0.25) is 0 Å². The van der Waals surface area contributed by atoms with Crippen LogP contribution >= 0.6 is 11.3 Å². The van der Waals surface area contributed by atoms with Gasteiger partial charge in [-0.3, -0.25) is 0 Å². The number of aliphatic carboxylic acids is 1. The molecule has 4 rings (SSSR count). The molecule has 1 heterocycles. The molecule has 1 aromatic heterocycles. The first-order valence-corrected chi connectivity index (χ1v) is 10.9. The van der Waals surface area contributed by atoms with Crippen LogP contribution in [-0.4, -0.2) is 23.5 Å². The molecule has 4 aromatic rings. The molecule has 0 spiro atoms. The van der Waals surface area contributed by atoms with Gasteiger partial charge in [0.05, 0.1) is 5.97 Å². The highest BCUT2D eigenvalue weighted by Gasteiger charge is 2.37. The highest BCUT2D eigenvalue weighted by molar-refractivity contribution is 7.14. The van der Waals surface area contributed by atoms with E-state index in [1.54, 1.807) is 0 Å². The van der Waals surface area contributed by atoms with E-state index in [4.69, 9.17) is 0 Å². The number of rotatable bonds is 9. The average molecular weight is 461 g/mol. The highest BCUT2D eigenvalue weighted by atomic mass is 32.1. The average Bonchev–Trinajstić information content (AvgIpc) is 3.32. The summed E-state index contributed by atoms with van der Waals surface area (Å²) in [7, 11) is 0. The lowest BCUT2D eigenvalue weighted by Crippen LogP contribution is -2.38. The van der Waals surface area contributed by atoms with E-state index < -0.39 is 24.1 Å². The molecule has 0 saturated heterocycles. The van der Waals surface area contributed by atoms with Gasteiger partial charge in [-0.25, -0.2) is 9.37 Å². The van der Waals surface area contributed by atoms with Crippen molar-refractivity contribution in [3.05, 3.63) is 119 Å². The Balaban J connectivity index is 1.87. The van der Waals surface area contributed by atoms with E-state index in [1.165, 1.54) is 16.7 Å². The standard InChI is InChI=1S/C25H20FN3O3S/c26-17-32-29-22(23(30)31)21-16-33-24(27-21)28-25(18-10-4-1-5-11-18,19-12-6-2-7-13-19)20-14-8-3-9-15-20/h1-16H,17H2,(H,27,28)(H,30,31)/p-1/b29-22-. The molecule has 0 saturated carbocycles. The van der Waals surface area contributed by atoms with E-state index >= 15 is 0 Å². The Morgan fingerprint density at radius 3 is 1.85 bits per heavy atom. The van der Waals surface area contributed by atoms with Gasteiger partial charge in [-0.15, -0.1) is 11.3 Å². The van der Waals surface area contributed by atoms with Crippen molar-refractivity contribution in [3.63, 3.8) is 0 Å². The highest BCUT2D eigenvalue weighted by Crippen LogP contribution is 2.40. The molecule has 0 aliphatic carbocycles. The molecule has 0 aliphatic rings. The molecule has 8 heteroatoms. The molecule has 0 bridgehead atoms. The fourth-order valence-corrected chi connectivity index (χ4v) is 4.41. The van der Waals surface area contributed by atoms with Crippen LogP contribution in [0, 0.1) is 0 Å². The Bertz CT molecular complexity index is 1130. The molecule has 3 aromatic carbocycles. The third-order valence-electron chi connectivity index (χ3n) is 5.06. The second-order valence-corrected chi connectivity index (χ2v) is 7.83. The minimum absolute atomic E-state index is 0.0130. The monoisotopic (exact) mass is 460 g/mol. The summed E-state index contributed by atoms with van der Waals surface area (Å²) in [6.07, 6.45) is 0. The maximum atomic E-state index is 12.4. The number of carbonyl (C=O) groups excluding carboxylic acids is 1. The SMILES string of the molecule is O=C([O-])/C(=N\OCF)c1csc(NC(c2ccccc2)(c2ccccc2)c2ccccc2)n1. The fraction of sp³-hybridized carbons (Fsp3) is 0.0800. The molecule has 33 heavy (non-hydrogen) atoms. The third-order valence-corrected chi connectivity index (χ3v) is 5.82. The summed E-state index contributed by atoms with van der Waals surface area (Å²) in [5, 5.41) is 20.2. The van der Waals surface area contributed by atoms with Crippen molar-refractivity contribution in [2.24, 2.45) is 5.16 Å². The van der Waals surface area contributed by atoms with Crippen LogP contribution in [0.25, 0.3) is 0 Å². The summed E-state index contributed by atoms with van der Waals surface area (Å²) in [5.74, 6) is -1.61. The molecule has 0 radical (unpaired) electrons. The molecule has 6 nitrogen and oxygen atoms in total. The lowest BCUT2D eigenvalue weighted by atomic mass is 9.77. The summed E-state index contributed by atoms with van der Waals surface area (Å²) < 4.78 is 12.4. The lowest BCUT2D eigenvalue weighted by molar-refractivity contribution is -0.294. The Hall–Kier alpha value is -4.04. The Kier molecular flexibility index (Phi) is 6.75. The molecule has 0 fully saturated rings. The smallest absolute Gasteiger partial charge is 0.255 e. The summed E-state index contributed by atoms with van der Waals surface area (Å²) >= 11 is 1.20. The van der Waals surface area contributed by atoms with Crippen LogP contribution in [0.5, 0.6) is 0 Å². The van der Waals surface area contributed by atoms with Gasteiger partial charge in [0, 0.05) is 5.38 Å². The van der Waals surface area contributed by atoms with Crippen LogP contribution < -0.4 is 10.4 Å². The van der Waals surface area contributed by atoms with Crippen molar-refractivity contribution in [3.8, 4) is 0 Å². The second kappa shape index (κ2) is 10.1. The zero-order chi connectivity index (χ0) is 23.1. The van der Waals surface area contributed by atoms with Gasteiger partial charge in [-0.05, 0) is 16.7 Å².